The van der Waals surface area contributed by atoms with Gasteiger partial charge < -0.3 is 57.7 Å². The minimum Gasteiger partial charge on any atom is -1.00 e. The zero-order chi connectivity index (χ0) is 49.4. The number of hydrogen-bond donors (Lipinski definition) is 0. The van der Waals surface area contributed by atoms with Crippen LogP contribution in [0.2, 0.25) is 0 Å². The first-order valence-electron chi connectivity index (χ1n) is 22.7. The first-order valence-corrected chi connectivity index (χ1v) is 22.7. The summed E-state index contributed by atoms with van der Waals surface area (Å²) in [6, 6.07) is 69.6. The van der Waals surface area contributed by atoms with Crippen LogP contribution in [0, 0.1) is 0 Å². The van der Waals surface area contributed by atoms with Crippen LogP contribution < -0.4 is 24.8 Å². The summed E-state index contributed by atoms with van der Waals surface area (Å²) in [6.45, 7) is 0. The molecule has 0 spiro atoms. The third-order valence-electron chi connectivity index (χ3n) is 9.55. The van der Waals surface area contributed by atoms with Crippen LogP contribution in [0.5, 0.6) is 0 Å². The normalized spacial score (nSPS) is 8.59. The number of aromatic nitrogens is 12. The summed E-state index contributed by atoms with van der Waals surface area (Å²) in [4.78, 5) is 50.2. The van der Waals surface area contributed by atoms with E-state index in [1.54, 1.807) is 74.4 Å². The second-order valence-corrected chi connectivity index (χ2v) is 14.6. The Balaban J connectivity index is -0.000000882. The molecule has 21 heteroatoms. The second kappa shape index (κ2) is 45.7. The van der Waals surface area contributed by atoms with Gasteiger partial charge in [0.15, 0.2) is 0 Å². The molecule has 0 saturated heterocycles. The number of pyridine rings is 12. The maximum atomic E-state index is 4.19. The Labute approximate surface area is 495 Å². The molecule has 0 aliphatic carbocycles. The summed E-state index contributed by atoms with van der Waals surface area (Å²) in [5.41, 5.74) is 11.0. The van der Waals surface area contributed by atoms with Crippen molar-refractivity contribution in [2.24, 2.45) is 0 Å². The molecule has 0 fully saturated rings. The predicted octanol–water partition coefficient (Wildman–Crippen LogP) is 1.92. The van der Waals surface area contributed by atoms with Gasteiger partial charge in [0, 0.05) is 74.4 Å². The van der Waals surface area contributed by atoms with Crippen LogP contribution in [0.15, 0.2) is 293 Å². The molecule has 12 heterocycles. The maximum absolute atomic E-state index is 4.19. The summed E-state index contributed by atoms with van der Waals surface area (Å²) < 4.78 is 0. The fourth-order valence-electron chi connectivity index (χ4n) is 6.17. The first-order chi connectivity index (χ1) is 35.8. The largest absolute Gasteiger partial charge is 2.00 e. The van der Waals surface area contributed by atoms with Gasteiger partial charge in [-0.3, -0.25) is 59.8 Å². The van der Waals surface area contributed by atoms with E-state index in [0.717, 1.165) is 68.3 Å². The number of hydrogen-bond acceptors (Lipinski definition) is 12. The van der Waals surface area contributed by atoms with Crippen LogP contribution in [-0.2, 0) is 19.5 Å². The quantitative estimate of drug-likeness (QED) is 0.216. The van der Waals surface area contributed by atoms with E-state index in [1.807, 2.05) is 218 Å². The van der Waals surface area contributed by atoms with Gasteiger partial charge in [0.05, 0.1) is 68.3 Å². The SMILES string of the molecule is O.O.O.O.O.O.[Cl-].[Cl-].[Ru+2].c1ccc(-c2ccccn2)nc1.c1ccc(-c2ccccn2)nc1.c1ccc(-c2ccccn2)nc1.c1ccc(-c2ccccn2)nc1.c1ccc(-c2ccccn2)nc1.c1ccc(-c2ccccn2)nc1. The van der Waals surface area contributed by atoms with Crippen molar-refractivity contribution in [1.82, 2.24) is 59.8 Å². The van der Waals surface area contributed by atoms with Crippen LogP contribution in [0.25, 0.3) is 68.3 Å². The molecule has 81 heavy (non-hydrogen) atoms. The Morgan fingerprint density at radius 2 is 0.210 bits per heavy atom. The van der Waals surface area contributed by atoms with E-state index >= 15 is 0 Å². The van der Waals surface area contributed by atoms with Crippen molar-refractivity contribution in [3.8, 4) is 68.3 Å². The summed E-state index contributed by atoms with van der Waals surface area (Å²) in [5, 5.41) is 0. The zero-order valence-corrected chi connectivity index (χ0v) is 46.4. The Bertz CT molecular complexity index is 2460. The van der Waals surface area contributed by atoms with Gasteiger partial charge in [-0.15, -0.1) is 0 Å². The molecule has 18 nitrogen and oxygen atoms in total. The van der Waals surface area contributed by atoms with Crippen LogP contribution >= 0.6 is 0 Å². The molecular weight excluding hydrogens is 1160 g/mol. The third-order valence-corrected chi connectivity index (χ3v) is 9.55. The van der Waals surface area contributed by atoms with Crippen molar-refractivity contribution in [2.75, 3.05) is 0 Å². The monoisotopic (exact) mass is 1220 g/mol. The molecule has 0 aliphatic rings. The van der Waals surface area contributed by atoms with Gasteiger partial charge in [0.1, 0.15) is 0 Å². The molecule has 0 unspecified atom stereocenters. The van der Waals surface area contributed by atoms with E-state index < -0.39 is 0 Å². The Morgan fingerprint density at radius 3 is 0.259 bits per heavy atom. The van der Waals surface area contributed by atoms with Crippen molar-refractivity contribution in [3.05, 3.63) is 293 Å². The minimum atomic E-state index is 0. The summed E-state index contributed by atoms with van der Waals surface area (Å²) in [5.74, 6) is 0. The molecule has 0 saturated carbocycles. The van der Waals surface area contributed by atoms with E-state index in [0.29, 0.717) is 0 Å². The van der Waals surface area contributed by atoms with E-state index in [2.05, 4.69) is 59.8 Å². The molecular formula is C60H60Cl2N12O6Ru. The molecule has 0 bridgehead atoms. The topological polar surface area (TPSA) is 344 Å². The van der Waals surface area contributed by atoms with E-state index in [-0.39, 0.29) is 77.1 Å². The van der Waals surface area contributed by atoms with Crippen LogP contribution in [-0.4, -0.2) is 92.7 Å². The standard InChI is InChI=1S/6C10H8N2.2ClH.6H2O.Ru/c6*1-3-7-11-9(5-1)10-6-2-4-8-12-10;;;;;;;;;/h6*1-8H;2*1H;6*1H2;/q;;;;;;;;;;;;;;+2/p-2. The average Bonchev–Trinajstić information content (AvgIpc) is 3.51. The van der Waals surface area contributed by atoms with Gasteiger partial charge in [-0.25, -0.2) is 0 Å². The van der Waals surface area contributed by atoms with Crippen LogP contribution in [0.1, 0.15) is 0 Å². The fourth-order valence-corrected chi connectivity index (χ4v) is 6.17. The van der Waals surface area contributed by atoms with E-state index in [4.69, 9.17) is 0 Å². The number of rotatable bonds is 6. The molecule has 0 amide bonds. The average molecular weight is 1220 g/mol. The molecule has 12 aromatic rings. The molecule has 12 rings (SSSR count). The molecule has 0 radical (unpaired) electrons. The predicted molar refractivity (Wildman–Crippen MR) is 306 cm³/mol. The Kier molecular flexibility index (Phi) is 42.9. The van der Waals surface area contributed by atoms with Crippen molar-refractivity contribution < 1.29 is 77.1 Å². The molecule has 0 aliphatic heterocycles. The van der Waals surface area contributed by atoms with Crippen molar-refractivity contribution >= 4 is 0 Å². The van der Waals surface area contributed by atoms with Gasteiger partial charge in [-0.05, 0) is 146 Å². The summed E-state index contributed by atoms with van der Waals surface area (Å²) in [6.07, 6.45) is 21.2. The van der Waals surface area contributed by atoms with Gasteiger partial charge in [-0.1, -0.05) is 72.8 Å². The van der Waals surface area contributed by atoms with Gasteiger partial charge in [0.25, 0.3) is 0 Å². The fraction of sp³-hybridized carbons (Fsp3) is 0. The van der Waals surface area contributed by atoms with Crippen molar-refractivity contribution in [1.29, 1.82) is 0 Å². The Morgan fingerprint density at radius 1 is 0.136 bits per heavy atom. The van der Waals surface area contributed by atoms with Gasteiger partial charge in [-0.2, -0.15) is 0 Å². The number of halogens is 2. The summed E-state index contributed by atoms with van der Waals surface area (Å²) >= 11 is 0. The molecule has 0 atom stereocenters. The van der Waals surface area contributed by atoms with Crippen molar-refractivity contribution in [2.45, 2.75) is 0 Å². The van der Waals surface area contributed by atoms with Gasteiger partial charge >= 0.3 is 19.5 Å². The van der Waals surface area contributed by atoms with Crippen LogP contribution in [0.4, 0.5) is 0 Å². The second-order valence-electron chi connectivity index (χ2n) is 14.6. The first kappa shape index (κ1) is 76.0. The van der Waals surface area contributed by atoms with E-state index in [9.17, 15) is 0 Å². The Hall–Kier alpha value is -9.24. The molecule has 418 valence electrons. The molecule has 12 N–H and O–H groups in total. The third kappa shape index (κ3) is 27.3. The van der Waals surface area contributed by atoms with Crippen LogP contribution in [0.3, 0.4) is 0 Å². The maximum Gasteiger partial charge on any atom is 2.00 e. The molecule has 0 aromatic carbocycles. The number of nitrogens with zero attached hydrogens (tertiary/aromatic N) is 12. The smallest absolute Gasteiger partial charge is 1.00 e. The minimum absolute atomic E-state index is 0. The van der Waals surface area contributed by atoms with Gasteiger partial charge in [0.2, 0.25) is 0 Å². The van der Waals surface area contributed by atoms with Crippen molar-refractivity contribution in [3.63, 3.8) is 0 Å². The molecule has 12 aromatic heterocycles. The van der Waals surface area contributed by atoms with E-state index in [1.165, 1.54) is 0 Å². The summed E-state index contributed by atoms with van der Waals surface area (Å²) in [7, 11) is 0. The zero-order valence-electron chi connectivity index (χ0n) is 43.2.